The van der Waals surface area contributed by atoms with Gasteiger partial charge < -0.3 is 29.4 Å². The van der Waals surface area contributed by atoms with E-state index < -0.39 is 5.54 Å². The number of benzene rings is 2. The molecule has 4 aliphatic rings. The van der Waals surface area contributed by atoms with E-state index >= 15 is 0 Å². The molecule has 1 aromatic heterocycles. The monoisotopic (exact) mass is 688 g/mol. The Bertz CT molecular complexity index is 1670. The molecule has 3 aromatic rings. The van der Waals surface area contributed by atoms with E-state index in [0.29, 0.717) is 55.4 Å². The first kappa shape index (κ1) is 34.0. The van der Waals surface area contributed by atoms with E-state index in [9.17, 15) is 9.90 Å². The van der Waals surface area contributed by atoms with Crippen molar-refractivity contribution in [3.05, 3.63) is 76.1 Å². The number of fused-ring (bicyclic) bond motifs is 4. The Morgan fingerprint density at radius 3 is 2.63 bits per heavy atom. The van der Waals surface area contributed by atoms with Crippen LogP contribution >= 0.6 is 11.6 Å². The highest BCUT2D eigenvalue weighted by molar-refractivity contribution is 6.30. The third-order valence-corrected chi connectivity index (χ3v) is 12.0. The highest BCUT2D eigenvalue weighted by Crippen LogP contribution is 2.58. The number of carbonyl (C=O) groups is 1. The number of rotatable bonds is 9. The highest BCUT2D eigenvalue weighted by atomic mass is 35.5. The molecule has 49 heavy (non-hydrogen) atoms. The van der Waals surface area contributed by atoms with Gasteiger partial charge in [0.2, 0.25) is 0 Å². The van der Waals surface area contributed by atoms with Gasteiger partial charge in [0.15, 0.2) is 11.5 Å². The molecule has 0 amide bonds. The molecular weight excluding hydrogens is 640 g/mol. The van der Waals surface area contributed by atoms with Crippen molar-refractivity contribution < 1.29 is 28.8 Å². The number of anilines is 1. The fourth-order valence-electron chi connectivity index (χ4n) is 9.09. The van der Waals surface area contributed by atoms with E-state index in [-0.39, 0.29) is 23.9 Å². The largest absolute Gasteiger partial charge is 0.493 e. The number of hydrogen-bond donors (Lipinski definition) is 2. The lowest BCUT2D eigenvalue weighted by molar-refractivity contribution is -0.148. The zero-order valence-electron chi connectivity index (χ0n) is 28.9. The highest BCUT2D eigenvalue weighted by Gasteiger charge is 2.55. The summed E-state index contributed by atoms with van der Waals surface area (Å²) in [6.07, 6.45) is 10.0. The van der Waals surface area contributed by atoms with Crippen molar-refractivity contribution in [3.63, 3.8) is 0 Å². The molecular formula is C40H49ClN2O6. The summed E-state index contributed by atoms with van der Waals surface area (Å²) in [5, 5.41) is 14.0. The van der Waals surface area contributed by atoms with Gasteiger partial charge in [-0.15, -0.1) is 0 Å². The summed E-state index contributed by atoms with van der Waals surface area (Å²) < 4.78 is 24.4. The van der Waals surface area contributed by atoms with Crippen LogP contribution in [0.4, 0.5) is 5.69 Å². The SMILES string of the molecule is COC(=O)C1(Nc2cccc(Cl)c2)CCC2(CC1)c1cc3c(cc1C[C@@H]2C[C@@H](C)COc1ccnc2c1[C@H](C)CCC2)OCC(CO)CO3. The van der Waals surface area contributed by atoms with Gasteiger partial charge >= 0.3 is 5.97 Å². The van der Waals surface area contributed by atoms with E-state index in [1.807, 2.05) is 36.5 Å². The second kappa shape index (κ2) is 14.0. The molecule has 2 heterocycles. The molecule has 1 aliphatic heterocycles. The van der Waals surface area contributed by atoms with Crippen LogP contribution in [0, 0.1) is 17.8 Å². The average Bonchev–Trinajstić information content (AvgIpc) is 3.23. The molecule has 9 heteroatoms. The zero-order valence-corrected chi connectivity index (χ0v) is 29.7. The second-order valence-corrected chi connectivity index (χ2v) is 15.4. The topological polar surface area (TPSA) is 99.1 Å². The number of pyridine rings is 1. The number of esters is 1. The molecule has 2 N–H and O–H groups in total. The normalized spacial score (nSPS) is 27.8. The van der Waals surface area contributed by atoms with Crippen molar-refractivity contribution in [2.75, 3.05) is 38.9 Å². The number of ether oxygens (including phenoxy) is 4. The number of aryl methyl sites for hydroxylation is 1. The van der Waals surface area contributed by atoms with Gasteiger partial charge in [0, 0.05) is 28.2 Å². The van der Waals surface area contributed by atoms with E-state index in [1.165, 1.54) is 42.3 Å². The van der Waals surface area contributed by atoms with Crippen LogP contribution in [0.1, 0.15) is 87.1 Å². The lowest BCUT2D eigenvalue weighted by Gasteiger charge is -2.47. The van der Waals surface area contributed by atoms with Crippen molar-refractivity contribution in [3.8, 4) is 17.2 Å². The van der Waals surface area contributed by atoms with Gasteiger partial charge in [-0.1, -0.05) is 31.5 Å². The van der Waals surface area contributed by atoms with Crippen molar-refractivity contribution >= 4 is 23.3 Å². The van der Waals surface area contributed by atoms with E-state index in [4.69, 9.17) is 30.5 Å². The summed E-state index contributed by atoms with van der Waals surface area (Å²) in [4.78, 5) is 18.2. The predicted octanol–water partition coefficient (Wildman–Crippen LogP) is 7.67. The van der Waals surface area contributed by atoms with Crippen molar-refractivity contribution in [2.24, 2.45) is 17.8 Å². The molecule has 0 bridgehead atoms. The molecule has 0 saturated heterocycles. The summed E-state index contributed by atoms with van der Waals surface area (Å²) in [6.45, 7) is 6.09. The molecule has 3 aliphatic carbocycles. The Balaban J connectivity index is 1.16. The Morgan fingerprint density at radius 1 is 1.12 bits per heavy atom. The average molecular weight is 689 g/mol. The molecule has 0 radical (unpaired) electrons. The molecule has 1 spiro atoms. The number of nitrogens with zero attached hydrogens (tertiary/aromatic N) is 1. The third-order valence-electron chi connectivity index (χ3n) is 11.7. The van der Waals surface area contributed by atoms with Crippen LogP contribution in [0.25, 0.3) is 0 Å². The van der Waals surface area contributed by atoms with Gasteiger partial charge in [0.05, 0.1) is 39.5 Å². The fourth-order valence-corrected chi connectivity index (χ4v) is 9.28. The Kier molecular flexibility index (Phi) is 9.73. The molecule has 262 valence electrons. The van der Waals surface area contributed by atoms with E-state index in [1.54, 1.807) is 0 Å². The first-order valence-corrected chi connectivity index (χ1v) is 18.4. The summed E-state index contributed by atoms with van der Waals surface area (Å²) in [5.74, 6) is 3.29. The molecule has 8 nitrogen and oxygen atoms in total. The van der Waals surface area contributed by atoms with E-state index in [0.717, 1.165) is 55.0 Å². The van der Waals surface area contributed by atoms with Crippen LogP contribution in [0.5, 0.6) is 17.2 Å². The Hall–Kier alpha value is -3.49. The molecule has 7 rings (SSSR count). The van der Waals surface area contributed by atoms with Crippen LogP contribution in [-0.4, -0.2) is 55.1 Å². The second-order valence-electron chi connectivity index (χ2n) is 15.0. The summed E-state index contributed by atoms with van der Waals surface area (Å²) in [5.41, 5.74) is 4.86. The van der Waals surface area contributed by atoms with Gasteiger partial charge in [-0.3, -0.25) is 4.98 Å². The number of carbonyl (C=O) groups excluding carboxylic acids is 1. The molecule has 1 unspecified atom stereocenters. The van der Waals surface area contributed by atoms with Crippen LogP contribution in [0.2, 0.25) is 5.02 Å². The number of hydrogen-bond acceptors (Lipinski definition) is 8. The summed E-state index contributed by atoms with van der Waals surface area (Å²) in [6, 6.07) is 13.9. The van der Waals surface area contributed by atoms with Gasteiger partial charge in [0.1, 0.15) is 11.3 Å². The third kappa shape index (κ3) is 6.59. The Morgan fingerprint density at radius 2 is 1.90 bits per heavy atom. The van der Waals surface area contributed by atoms with E-state index in [2.05, 4.69) is 36.3 Å². The molecule has 1 fully saturated rings. The van der Waals surface area contributed by atoms with Crippen LogP contribution in [0.15, 0.2) is 48.7 Å². The maximum absolute atomic E-state index is 13.5. The smallest absolute Gasteiger partial charge is 0.331 e. The summed E-state index contributed by atoms with van der Waals surface area (Å²) >= 11 is 6.33. The lowest BCUT2D eigenvalue weighted by atomic mass is 9.59. The van der Waals surface area contributed by atoms with Crippen LogP contribution in [0.3, 0.4) is 0 Å². The van der Waals surface area contributed by atoms with Gasteiger partial charge in [-0.2, -0.15) is 0 Å². The molecule has 2 aromatic carbocycles. The van der Waals surface area contributed by atoms with Crippen LogP contribution in [-0.2, 0) is 27.8 Å². The zero-order chi connectivity index (χ0) is 34.2. The first-order valence-electron chi connectivity index (χ1n) is 18.0. The molecule has 1 saturated carbocycles. The van der Waals surface area contributed by atoms with Crippen molar-refractivity contribution in [1.29, 1.82) is 0 Å². The maximum Gasteiger partial charge on any atom is 0.331 e. The first-order chi connectivity index (χ1) is 23.7. The van der Waals surface area contributed by atoms with Gasteiger partial charge in [-0.05, 0) is 128 Å². The number of nitrogens with one attached hydrogen (secondary N) is 1. The minimum atomic E-state index is -0.858. The maximum atomic E-state index is 13.5. The predicted molar refractivity (Wildman–Crippen MR) is 190 cm³/mol. The van der Waals surface area contributed by atoms with Crippen molar-refractivity contribution in [2.45, 2.75) is 88.5 Å². The summed E-state index contributed by atoms with van der Waals surface area (Å²) in [7, 11) is 1.47. The van der Waals surface area contributed by atoms with Crippen molar-refractivity contribution in [1.82, 2.24) is 4.98 Å². The van der Waals surface area contributed by atoms with Crippen LogP contribution < -0.4 is 19.5 Å². The minimum absolute atomic E-state index is 0.0239. The number of methoxy groups -OCH3 is 1. The van der Waals surface area contributed by atoms with Gasteiger partial charge in [-0.25, -0.2) is 4.79 Å². The number of aliphatic hydroxyl groups is 1. The quantitative estimate of drug-likeness (QED) is 0.221. The Labute approximate surface area is 294 Å². The number of halogens is 1. The lowest BCUT2D eigenvalue weighted by Crippen LogP contribution is -2.53. The number of aromatic nitrogens is 1. The minimum Gasteiger partial charge on any atom is -0.493 e. The number of aliphatic hydroxyl groups excluding tert-OH is 1. The standard InChI is InChI=1S/C40H49ClN2O6/c1-25(22-47-34-10-15-42-33-9-4-6-26(2)37(33)34)16-29-17-28-18-35-36(49-24-27(21-44)23-48-35)20-32(28)39(29)11-13-40(14-12-39,38(45)46-3)43-31-8-5-7-30(41)19-31/h5,7-8,10,15,18-20,25-27,29,43-44H,4,6,9,11-14,16-17,21-24H2,1-3H3/t25-,26-,27?,29+,39?,40?/m1/s1. The van der Waals surface area contributed by atoms with Gasteiger partial charge in [0.25, 0.3) is 0 Å². The fraction of sp³-hybridized carbons (Fsp3) is 0.550. The molecule has 4 atom stereocenters.